The molecule has 2 unspecified atom stereocenters. The predicted molar refractivity (Wildman–Crippen MR) is 68.6 cm³/mol. The summed E-state index contributed by atoms with van der Waals surface area (Å²) in [6.45, 7) is 3.33. The van der Waals surface area contributed by atoms with E-state index >= 15 is 0 Å². The number of imidazole rings is 1. The minimum atomic E-state index is -0.500. The van der Waals surface area contributed by atoms with Crippen LogP contribution in [0.2, 0.25) is 0 Å². The fourth-order valence-electron chi connectivity index (χ4n) is 2.70. The Morgan fingerprint density at radius 1 is 1.25 bits per heavy atom. The van der Waals surface area contributed by atoms with E-state index in [0.29, 0.717) is 12.2 Å². The van der Waals surface area contributed by atoms with Gasteiger partial charge in [0.05, 0.1) is 12.2 Å². The van der Waals surface area contributed by atoms with Gasteiger partial charge in [-0.15, -0.1) is 0 Å². The van der Waals surface area contributed by atoms with Crippen LogP contribution in [0.3, 0.4) is 0 Å². The lowest BCUT2D eigenvalue weighted by atomic mass is 10.2. The van der Waals surface area contributed by atoms with Gasteiger partial charge in [0.15, 0.2) is 0 Å². The third-order valence-corrected chi connectivity index (χ3v) is 3.62. The Morgan fingerprint density at radius 3 is 2.50 bits per heavy atom. The third kappa shape index (κ3) is 4.61. The lowest BCUT2D eigenvalue weighted by Gasteiger charge is -2.06. The van der Waals surface area contributed by atoms with Gasteiger partial charge in [0.1, 0.15) is 25.5 Å². The lowest BCUT2D eigenvalue weighted by Crippen LogP contribution is -2.37. The van der Waals surface area contributed by atoms with E-state index < -0.39 is 6.47 Å². The average Bonchev–Trinajstić information content (AvgIpc) is 3.15. The largest absolute Gasteiger partial charge is 0.554 e. The molecule has 0 N–H and O–H groups in total. The Kier molecular flexibility index (Phi) is 6.01. The Labute approximate surface area is 118 Å². The second-order valence-corrected chi connectivity index (χ2v) is 5.17. The molecule has 2 atom stereocenters. The summed E-state index contributed by atoms with van der Waals surface area (Å²) >= 11 is 0. The molecule has 2 saturated heterocycles. The molecule has 0 aliphatic carbocycles. The molecule has 112 valence electrons. The van der Waals surface area contributed by atoms with Crippen LogP contribution in [0.5, 0.6) is 0 Å². The van der Waals surface area contributed by atoms with Crippen LogP contribution >= 0.6 is 0 Å². The molecule has 1 aromatic rings. The van der Waals surface area contributed by atoms with E-state index in [1.165, 1.54) is 25.7 Å². The van der Waals surface area contributed by atoms with Gasteiger partial charge < -0.3 is 19.4 Å². The standard InChI is InChI=1S/C13H21N2O2.CH2O2/c1-3-12(16-7-1)9-14-5-6-15(11-14)10-13-4-2-8-17-13;2-1-3/h5-6,11-13H,1-4,7-10H2;1H,(H,2,3)/q+1;/p-1. The van der Waals surface area contributed by atoms with E-state index in [1.807, 2.05) is 0 Å². The number of aromatic nitrogens is 2. The molecule has 3 heterocycles. The van der Waals surface area contributed by atoms with Crippen LogP contribution in [0, 0.1) is 0 Å². The second kappa shape index (κ2) is 8.01. The summed E-state index contributed by atoms with van der Waals surface area (Å²) in [6, 6.07) is 0. The fraction of sp³-hybridized carbons (Fsp3) is 0.714. The number of ether oxygens (including phenoxy) is 2. The normalized spacial score (nSPS) is 25.2. The first-order valence-electron chi connectivity index (χ1n) is 7.15. The maximum Gasteiger partial charge on any atom is 0.243 e. The second-order valence-electron chi connectivity index (χ2n) is 5.17. The molecule has 0 aromatic carbocycles. The van der Waals surface area contributed by atoms with Crippen LogP contribution in [0.15, 0.2) is 18.7 Å². The molecule has 6 nitrogen and oxygen atoms in total. The van der Waals surface area contributed by atoms with Gasteiger partial charge in [0.2, 0.25) is 6.33 Å². The molecule has 0 amide bonds. The predicted octanol–water partition coefficient (Wildman–Crippen LogP) is -0.500. The quantitative estimate of drug-likeness (QED) is 0.551. The van der Waals surface area contributed by atoms with Crippen LogP contribution in [0.25, 0.3) is 0 Å². The molecule has 20 heavy (non-hydrogen) atoms. The van der Waals surface area contributed by atoms with Crippen molar-refractivity contribution in [3.8, 4) is 0 Å². The van der Waals surface area contributed by atoms with Gasteiger partial charge in [0.25, 0.3) is 0 Å². The summed E-state index contributed by atoms with van der Waals surface area (Å²) in [4.78, 5) is 8.25. The topological polar surface area (TPSA) is 67.4 Å². The van der Waals surface area contributed by atoms with E-state index in [9.17, 15) is 0 Å². The Hall–Kier alpha value is -1.40. The van der Waals surface area contributed by atoms with Crippen molar-refractivity contribution in [1.29, 1.82) is 0 Å². The van der Waals surface area contributed by atoms with Crippen molar-refractivity contribution >= 4 is 6.47 Å². The Bertz CT molecular complexity index is 363. The van der Waals surface area contributed by atoms with Crippen molar-refractivity contribution in [1.82, 2.24) is 4.57 Å². The highest BCUT2D eigenvalue weighted by molar-refractivity contribution is 5.29. The van der Waals surface area contributed by atoms with Crippen molar-refractivity contribution in [3.63, 3.8) is 0 Å². The summed E-state index contributed by atoms with van der Waals surface area (Å²) in [5, 5.41) is 8.25. The first-order chi connectivity index (χ1) is 9.81. The molecular formula is C14H22N2O4. The van der Waals surface area contributed by atoms with Crippen molar-refractivity contribution in [2.24, 2.45) is 0 Å². The molecule has 2 aliphatic heterocycles. The fourth-order valence-corrected chi connectivity index (χ4v) is 2.70. The summed E-state index contributed by atoms with van der Waals surface area (Å²) in [5.41, 5.74) is 0. The molecule has 0 spiro atoms. The average molecular weight is 282 g/mol. The molecule has 3 rings (SSSR count). The first kappa shape index (κ1) is 15.0. The van der Waals surface area contributed by atoms with E-state index in [4.69, 9.17) is 19.4 Å². The number of carbonyl (C=O) groups excluding carboxylic acids is 1. The Morgan fingerprint density at radius 2 is 1.90 bits per heavy atom. The zero-order chi connectivity index (χ0) is 14.2. The van der Waals surface area contributed by atoms with Crippen LogP contribution in [0.1, 0.15) is 25.7 Å². The summed E-state index contributed by atoms with van der Waals surface area (Å²) in [7, 11) is 0. The van der Waals surface area contributed by atoms with Gasteiger partial charge in [-0.2, -0.15) is 0 Å². The molecule has 2 fully saturated rings. The van der Waals surface area contributed by atoms with Gasteiger partial charge in [-0.05, 0) is 25.7 Å². The zero-order valence-corrected chi connectivity index (χ0v) is 11.6. The lowest BCUT2D eigenvalue weighted by molar-refractivity contribution is -0.702. The van der Waals surface area contributed by atoms with Gasteiger partial charge in [-0.25, -0.2) is 9.13 Å². The van der Waals surface area contributed by atoms with Crippen LogP contribution in [-0.4, -0.2) is 36.5 Å². The molecule has 0 bridgehead atoms. The van der Waals surface area contributed by atoms with Crippen molar-refractivity contribution in [3.05, 3.63) is 18.7 Å². The molecule has 1 aromatic heterocycles. The monoisotopic (exact) mass is 282 g/mol. The van der Waals surface area contributed by atoms with Gasteiger partial charge in [-0.3, -0.25) is 0 Å². The highest BCUT2D eigenvalue weighted by Crippen LogP contribution is 2.14. The maximum absolute atomic E-state index is 8.25. The first-order valence-corrected chi connectivity index (χ1v) is 7.15. The zero-order valence-electron chi connectivity index (χ0n) is 11.6. The van der Waals surface area contributed by atoms with Crippen LogP contribution in [-0.2, 0) is 27.4 Å². The number of hydrogen-bond acceptors (Lipinski definition) is 4. The van der Waals surface area contributed by atoms with E-state index in [2.05, 4.69) is 27.9 Å². The van der Waals surface area contributed by atoms with E-state index in [-0.39, 0.29) is 0 Å². The molecule has 0 radical (unpaired) electrons. The SMILES string of the molecule is O=C[O-].c1c[n+](CC2CCCO2)cn1CC1CCCO1. The number of hydrogen-bond donors (Lipinski definition) is 0. The van der Waals surface area contributed by atoms with E-state index in [1.54, 1.807) is 0 Å². The molecular weight excluding hydrogens is 260 g/mol. The number of carbonyl (C=O) groups is 1. The smallest absolute Gasteiger partial charge is 0.243 e. The maximum atomic E-state index is 8.25. The van der Waals surface area contributed by atoms with E-state index in [0.717, 1.165) is 26.3 Å². The van der Waals surface area contributed by atoms with Gasteiger partial charge in [-0.1, -0.05) is 0 Å². The van der Waals surface area contributed by atoms with Crippen LogP contribution in [0.4, 0.5) is 0 Å². The number of nitrogens with zero attached hydrogens (tertiary/aromatic N) is 2. The van der Waals surface area contributed by atoms with Gasteiger partial charge in [0, 0.05) is 19.7 Å². The summed E-state index contributed by atoms with van der Waals surface area (Å²) in [6.07, 6.45) is 12.1. The van der Waals surface area contributed by atoms with Crippen molar-refractivity contribution in [2.75, 3.05) is 13.2 Å². The molecule has 0 saturated carbocycles. The number of rotatable bonds is 4. The Balaban J connectivity index is 0.000000452. The minimum absolute atomic E-state index is 0.415. The molecule has 6 heteroatoms. The van der Waals surface area contributed by atoms with Crippen molar-refractivity contribution < 1.29 is 23.9 Å². The summed E-state index contributed by atoms with van der Waals surface area (Å²) in [5.74, 6) is 0. The highest BCUT2D eigenvalue weighted by atomic mass is 16.5. The highest BCUT2D eigenvalue weighted by Gasteiger charge is 2.21. The summed E-state index contributed by atoms with van der Waals surface area (Å²) < 4.78 is 15.7. The number of carboxylic acid groups (broad SMARTS) is 1. The van der Waals surface area contributed by atoms with Gasteiger partial charge >= 0.3 is 0 Å². The molecule has 2 aliphatic rings. The minimum Gasteiger partial charge on any atom is -0.554 e. The van der Waals surface area contributed by atoms with Crippen molar-refractivity contribution in [2.45, 2.75) is 51.0 Å². The third-order valence-electron chi connectivity index (χ3n) is 3.62. The van der Waals surface area contributed by atoms with Crippen LogP contribution < -0.4 is 9.67 Å².